The highest BCUT2D eigenvalue weighted by molar-refractivity contribution is 7.56. The van der Waals surface area contributed by atoms with E-state index < -0.39 is 21.2 Å². The highest BCUT2D eigenvalue weighted by Gasteiger charge is 2.21. The van der Waals surface area contributed by atoms with Gasteiger partial charge < -0.3 is 43.7 Å². The highest BCUT2D eigenvalue weighted by Crippen LogP contribution is 2.41. The molecule has 0 fully saturated rings. The number of nitrogens with one attached hydrogen (secondary N) is 2. The van der Waals surface area contributed by atoms with E-state index in [4.69, 9.17) is 23.5 Å². The molecule has 14 heteroatoms. The second kappa shape index (κ2) is 19.4. The largest absolute Gasteiger partial charge is 0.388 e. The maximum absolute atomic E-state index is 11.7. The van der Waals surface area contributed by atoms with E-state index in [1.165, 1.54) is 0 Å². The zero-order chi connectivity index (χ0) is 24.3. The molecule has 0 aromatic heterocycles. The molecule has 0 bridgehead atoms. The molecule has 0 aliphatic heterocycles. The summed E-state index contributed by atoms with van der Waals surface area (Å²) in [6, 6.07) is 0. The fourth-order valence-corrected chi connectivity index (χ4v) is 3.93. The van der Waals surface area contributed by atoms with Crippen LogP contribution in [0.25, 0.3) is 0 Å². The van der Waals surface area contributed by atoms with Crippen LogP contribution in [0.1, 0.15) is 20.3 Å². The van der Waals surface area contributed by atoms with E-state index in [0.717, 1.165) is 0 Å². The standard InChI is InChI=1S/C18H42N2O10P2/c1-17(2)32(24,25)20-5-4-7-26-8-9-27-10-11-28-12-13-29-15-18(21)16-30-31(22,23)14-6-19-3/h17-19,21H,4-16H2,1-3H3,(H,22,23)(H2,20,24,25). The first-order valence-corrected chi connectivity index (χ1v) is 14.3. The predicted octanol–water partition coefficient (Wildman–Crippen LogP) is 0.409. The number of hydrogen-bond donors (Lipinski definition) is 5. The molecule has 5 N–H and O–H groups in total. The molecular formula is C18H42N2O10P2. The summed E-state index contributed by atoms with van der Waals surface area (Å²) in [6.45, 7) is 6.59. The SMILES string of the molecule is CNCCP(=O)(O)OCC(O)COCCOCCOCCOCCCNP(=O)(O)C(C)C. The summed E-state index contributed by atoms with van der Waals surface area (Å²) in [4.78, 5) is 19.1. The smallest absolute Gasteiger partial charge is 0.329 e. The Bertz CT molecular complexity index is 542. The van der Waals surface area contributed by atoms with Gasteiger partial charge in [0, 0.05) is 25.4 Å². The van der Waals surface area contributed by atoms with Crippen LogP contribution >= 0.6 is 15.1 Å². The molecule has 0 spiro atoms. The molecule has 0 aliphatic rings. The van der Waals surface area contributed by atoms with E-state index in [-0.39, 0.29) is 31.6 Å². The lowest BCUT2D eigenvalue weighted by molar-refractivity contribution is -0.0250. The molecule has 0 rings (SSSR count). The molecule has 0 saturated heterocycles. The Kier molecular flexibility index (Phi) is 19.4. The van der Waals surface area contributed by atoms with Crippen molar-refractivity contribution in [3.8, 4) is 0 Å². The van der Waals surface area contributed by atoms with Crippen LogP contribution in [0.4, 0.5) is 0 Å². The summed E-state index contributed by atoms with van der Waals surface area (Å²) >= 11 is 0. The monoisotopic (exact) mass is 508 g/mol. The van der Waals surface area contributed by atoms with Gasteiger partial charge in [-0.3, -0.25) is 9.13 Å². The van der Waals surface area contributed by atoms with Gasteiger partial charge in [0.15, 0.2) is 0 Å². The average Bonchev–Trinajstić information content (AvgIpc) is 2.73. The number of aliphatic hydroxyl groups is 1. The molecule has 3 unspecified atom stereocenters. The Morgan fingerprint density at radius 1 is 0.812 bits per heavy atom. The first-order chi connectivity index (χ1) is 15.1. The summed E-state index contributed by atoms with van der Waals surface area (Å²) in [5, 5.41) is 15.1. The van der Waals surface area contributed by atoms with E-state index in [1.54, 1.807) is 20.9 Å². The quantitative estimate of drug-likeness (QED) is 0.0955. The molecule has 0 aromatic rings. The van der Waals surface area contributed by atoms with Gasteiger partial charge in [0.25, 0.3) is 7.52 Å². The van der Waals surface area contributed by atoms with Gasteiger partial charge in [0.05, 0.1) is 59.0 Å². The van der Waals surface area contributed by atoms with Crippen molar-refractivity contribution in [1.29, 1.82) is 0 Å². The maximum Gasteiger partial charge on any atom is 0.329 e. The lowest BCUT2D eigenvalue weighted by Crippen LogP contribution is -2.23. The van der Waals surface area contributed by atoms with Crippen molar-refractivity contribution in [2.45, 2.75) is 32.0 Å². The Morgan fingerprint density at radius 3 is 1.88 bits per heavy atom. The van der Waals surface area contributed by atoms with Gasteiger partial charge in [0.1, 0.15) is 6.10 Å². The van der Waals surface area contributed by atoms with Crippen LogP contribution in [0, 0.1) is 0 Å². The van der Waals surface area contributed by atoms with Gasteiger partial charge in [0.2, 0.25) is 0 Å². The first-order valence-electron chi connectivity index (χ1n) is 10.8. The number of rotatable bonds is 23. The van der Waals surface area contributed by atoms with Crippen LogP contribution in [0.15, 0.2) is 0 Å². The third kappa shape index (κ3) is 19.5. The molecule has 0 aromatic carbocycles. The van der Waals surface area contributed by atoms with Gasteiger partial charge in [-0.15, -0.1) is 0 Å². The van der Waals surface area contributed by atoms with Gasteiger partial charge in [-0.05, 0) is 13.5 Å². The molecule has 0 heterocycles. The van der Waals surface area contributed by atoms with Gasteiger partial charge in [-0.1, -0.05) is 13.8 Å². The zero-order valence-electron chi connectivity index (χ0n) is 19.4. The minimum Gasteiger partial charge on any atom is -0.388 e. The lowest BCUT2D eigenvalue weighted by Gasteiger charge is -2.16. The van der Waals surface area contributed by atoms with E-state index in [0.29, 0.717) is 59.2 Å². The molecule has 0 aliphatic carbocycles. The fourth-order valence-electron chi connectivity index (χ4n) is 2.04. The molecule has 12 nitrogen and oxygen atoms in total. The molecule has 3 atom stereocenters. The van der Waals surface area contributed by atoms with Crippen LogP contribution in [0.3, 0.4) is 0 Å². The van der Waals surface area contributed by atoms with Crippen molar-refractivity contribution < 1.29 is 47.5 Å². The number of hydrogen-bond acceptors (Lipinski definition) is 9. The Balaban J connectivity index is 3.37. The van der Waals surface area contributed by atoms with E-state index in [1.807, 2.05) is 0 Å². The maximum atomic E-state index is 11.7. The van der Waals surface area contributed by atoms with Crippen LogP contribution in [0.5, 0.6) is 0 Å². The Morgan fingerprint density at radius 2 is 1.34 bits per heavy atom. The lowest BCUT2D eigenvalue weighted by atomic mass is 10.4. The van der Waals surface area contributed by atoms with Crippen LogP contribution in [-0.4, -0.2) is 112 Å². The third-order valence-corrected chi connectivity index (χ3v) is 7.46. The number of aliphatic hydroxyl groups excluding tert-OH is 1. The predicted molar refractivity (Wildman–Crippen MR) is 121 cm³/mol. The minimum absolute atomic E-state index is 0.0218. The van der Waals surface area contributed by atoms with E-state index >= 15 is 0 Å². The van der Waals surface area contributed by atoms with Crippen molar-refractivity contribution in [1.82, 2.24) is 10.4 Å². The van der Waals surface area contributed by atoms with Crippen molar-refractivity contribution in [2.24, 2.45) is 0 Å². The van der Waals surface area contributed by atoms with Crippen molar-refractivity contribution >= 4 is 15.1 Å². The molecule has 0 amide bonds. The average molecular weight is 508 g/mol. The summed E-state index contributed by atoms with van der Waals surface area (Å²) in [5.74, 6) is 0. The molecule has 32 heavy (non-hydrogen) atoms. The summed E-state index contributed by atoms with van der Waals surface area (Å²) in [6.07, 6.45) is -0.381. The van der Waals surface area contributed by atoms with Crippen LogP contribution < -0.4 is 10.4 Å². The topological polar surface area (TPSA) is 165 Å². The molecule has 194 valence electrons. The fraction of sp³-hybridized carbons (Fsp3) is 1.00. The van der Waals surface area contributed by atoms with Gasteiger partial charge >= 0.3 is 7.60 Å². The summed E-state index contributed by atoms with van der Waals surface area (Å²) in [7, 11) is -5.28. The van der Waals surface area contributed by atoms with Crippen molar-refractivity contribution in [2.75, 3.05) is 85.8 Å². The zero-order valence-corrected chi connectivity index (χ0v) is 21.2. The second-order valence-corrected chi connectivity index (χ2v) is 11.9. The van der Waals surface area contributed by atoms with Gasteiger partial charge in [-0.2, -0.15) is 0 Å². The van der Waals surface area contributed by atoms with Crippen molar-refractivity contribution in [3.05, 3.63) is 0 Å². The first kappa shape index (κ1) is 32.1. The van der Waals surface area contributed by atoms with E-state index in [9.17, 15) is 24.0 Å². The van der Waals surface area contributed by atoms with Crippen molar-refractivity contribution in [3.63, 3.8) is 0 Å². The third-order valence-electron chi connectivity index (χ3n) is 4.04. The number of ether oxygens (including phenoxy) is 4. The minimum atomic E-state index is -3.69. The Labute approximate surface area is 191 Å². The molecular weight excluding hydrogens is 466 g/mol. The van der Waals surface area contributed by atoms with Crippen LogP contribution in [-0.2, 0) is 32.6 Å². The Hall–Kier alpha value is 0.0600. The normalized spacial score (nSPS) is 16.7. The summed E-state index contributed by atoms with van der Waals surface area (Å²) < 4.78 is 49.4. The van der Waals surface area contributed by atoms with E-state index in [2.05, 4.69) is 10.4 Å². The summed E-state index contributed by atoms with van der Waals surface area (Å²) in [5.41, 5.74) is -0.307. The van der Waals surface area contributed by atoms with Crippen LogP contribution in [0.2, 0.25) is 0 Å². The van der Waals surface area contributed by atoms with Gasteiger partial charge in [-0.25, -0.2) is 5.09 Å². The molecule has 0 radical (unpaired) electrons. The molecule has 0 saturated carbocycles. The second-order valence-electron chi connectivity index (χ2n) is 7.30. The highest BCUT2D eigenvalue weighted by atomic mass is 31.2.